The number of hydrogen-bond donors (Lipinski definition) is 1. The molecule has 2 nitrogen and oxygen atoms in total. The van der Waals surface area contributed by atoms with E-state index in [1.807, 2.05) is 24.3 Å². The molecule has 1 heterocycles. The Labute approximate surface area is 128 Å². The van der Waals surface area contributed by atoms with Crippen molar-refractivity contribution in [3.8, 4) is 5.75 Å². The molecule has 2 aromatic carbocycles. The number of halogens is 1. The summed E-state index contributed by atoms with van der Waals surface area (Å²) < 4.78 is 6.89. The van der Waals surface area contributed by atoms with Crippen LogP contribution in [0, 0.1) is 0 Å². The summed E-state index contributed by atoms with van der Waals surface area (Å²) >= 11 is 3.46. The second-order valence-electron chi connectivity index (χ2n) is 5.05. The van der Waals surface area contributed by atoms with Crippen molar-refractivity contribution in [1.82, 2.24) is 5.32 Å². The van der Waals surface area contributed by atoms with Gasteiger partial charge in [0, 0.05) is 16.9 Å². The van der Waals surface area contributed by atoms with E-state index in [-0.39, 0.29) is 0 Å². The Morgan fingerprint density at radius 1 is 1.15 bits per heavy atom. The highest BCUT2D eigenvalue weighted by Crippen LogP contribution is 2.25. The molecule has 1 unspecified atom stereocenters. The smallest absolute Gasteiger partial charge is 0.120 e. The van der Waals surface area contributed by atoms with Gasteiger partial charge in [0.05, 0.1) is 6.61 Å². The predicted molar refractivity (Wildman–Crippen MR) is 85.1 cm³/mol. The van der Waals surface area contributed by atoms with Crippen LogP contribution >= 0.6 is 15.9 Å². The first-order valence-electron chi connectivity index (χ1n) is 7.02. The van der Waals surface area contributed by atoms with E-state index in [0.717, 1.165) is 36.2 Å². The molecule has 2 aromatic rings. The summed E-state index contributed by atoms with van der Waals surface area (Å²) in [4.78, 5) is 0. The molecule has 0 amide bonds. The minimum Gasteiger partial charge on any atom is -0.493 e. The predicted octanol–water partition coefficient (Wildman–Crippen LogP) is 4.11. The third kappa shape index (κ3) is 3.22. The molecule has 1 N–H and O–H groups in total. The molecule has 1 atom stereocenters. The van der Waals surface area contributed by atoms with E-state index >= 15 is 0 Å². The molecule has 3 rings (SSSR count). The van der Waals surface area contributed by atoms with Gasteiger partial charge in [-0.3, -0.25) is 0 Å². The van der Waals surface area contributed by atoms with E-state index in [0.29, 0.717) is 6.04 Å². The van der Waals surface area contributed by atoms with Gasteiger partial charge < -0.3 is 10.1 Å². The summed E-state index contributed by atoms with van der Waals surface area (Å²) in [6.07, 6.45) is 2.11. The van der Waals surface area contributed by atoms with Gasteiger partial charge in [-0.15, -0.1) is 0 Å². The summed E-state index contributed by atoms with van der Waals surface area (Å²) in [6, 6.07) is 17.1. The van der Waals surface area contributed by atoms with Crippen LogP contribution in [0.2, 0.25) is 0 Å². The van der Waals surface area contributed by atoms with Gasteiger partial charge in [-0.25, -0.2) is 0 Å². The molecule has 0 spiro atoms. The van der Waals surface area contributed by atoms with Gasteiger partial charge in [-0.2, -0.15) is 0 Å². The van der Waals surface area contributed by atoms with Crippen LogP contribution in [0.4, 0.5) is 0 Å². The summed E-state index contributed by atoms with van der Waals surface area (Å²) in [7, 11) is 0. The van der Waals surface area contributed by atoms with Crippen LogP contribution in [0.1, 0.15) is 23.6 Å². The summed E-state index contributed by atoms with van der Waals surface area (Å²) in [5, 5.41) is 3.58. The minimum absolute atomic E-state index is 0.409. The lowest BCUT2D eigenvalue weighted by atomic mass is 9.93. The molecule has 1 aliphatic rings. The van der Waals surface area contributed by atoms with Crippen LogP contribution in [0.15, 0.2) is 53.0 Å². The second kappa shape index (κ2) is 6.42. The number of rotatable bonds is 4. The van der Waals surface area contributed by atoms with Crippen molar-refractivity contribution >= 4 is 15.9 Å². The number of hydrogen-bond acceptors (Lipinski definition) is 2. The summed E-state index contributed by atoms with van der Waals surface area (Å²) in [5.74, 6) is 0.920. The fraction of sp³-hybridized carbons (Fsp3) is 0.294. The molecule has 3 heteroatoms. The summed E-state index contributed by atoms with van der Waals surface area (Å²) in [6.45, 7) is 1.78. The molecule has 0 bridgehead atoms. The first-order valence-corrected chi connectivity index (χ1v) is 7.82. The highest BCUT2D eigenvalue weighted by atomic mass is 79.9. The SMILES string of the molecule is Brc1cccc(OCCC2NCCc3ccccc32)c1. The van der Waals surface area contributed by atoms with E-state index in [2.05, 4.69) is 45.5 Å². The van der Waals surface area contributed by atoms with E-state index in [4.69, 9.17) is 4.74 Å². The quantitative estimate of drug-likeness (QED) is 0.910. The van der Waals surface area contributed by atoms with Gasteiger partial charge >= 0.3 is 0 Å². The Morgan fingerprint density at radius 3 is 2.95 bits per heavy atom. The molecular formula is C17H18BrNO. The average molecular weight is 332 g/mol. The topological polar surface area (TPSA) is 21.3 Å². The van der Waals surface area contributed by atoms with Crippen molar-refractivity contribution in [2.24, 2.45) is 0 Å². The summed E-state index contributed by atoms with van der Waals surface area (Å²) in [5.41, 5.74) is 2.90. The van der Waals surface area contributed by atoms with Crippen molar-refractivity contribution in [1.29, 1.82) is 0 Å². The average Bonchev–Trinajstić information content (AvgIpc) is 2.48. The standard InChI is InChI=1S/C17H18BrNO/c18-14-5-3-6-15(12-14)20-11-9-17-16-7-2-1-4-13(16)8-10-19-17/h1-7,12,17,19H,8-11H2. The number of ether oxygens (including phenoxy) is 1. The van der Waals surface area contributed by atoms with Crippen LogP contribution in [0.3, 0.4) is 0 Å². The van der Waals surface area contributed by atoms with Gasteiger partial charge in [0.15, 0.2) is 0 Å². The van der Waals surface area contributed by atoms with Crippen LogP contribution in [0.5, 0.6) is 5.75 Å². The number of nitrogens with one attached hydrogen (secondary N) is 1. The van der Waals surface area contributed by atoms with E-state index in [1.54, 1.807) is 0 Å². The number of benzene rings is 2. The highest BCUT2D eigenvalue weighted by Gasteiger charge is 2.18. The Bertz CT molecular complexity index is 585. The third-order valence-corrected chi connectivity index (χ3v) is 4.18. The highest BCUT2D eigenvalue weighted by molar-refractivity contribution is 9.10. The Hall–Kier alpha value is -1.32. The lowest BCUT2D eigenvalue weighted by molar-refractivity contribution is 0.283. The zero-order valence-electron chi connectivity index (χ0n) is 11.3. The molecule has 0 radical (unpaired) electrons. The van der Waals surface area contributed by atoms with E-state index < -0.39 is 0 Å². The molecule has 104 valence electrons. The van der Waals surface area contributed by atoms with Gasteiger partial charge in [-0.1, -0.05) is 46.3 Å². The Morgan fingerprint density at radius 2 is 2.05 bits per heavy atom. The van der Waals surface area contributed by atoms with Crippen LogP contribution in [0.25, 0.3) is 0 Å². The lowest BCUT2D eigenvalue weighted by Crippen LogP contribution is -2.30. The van der Waals surface area contributed by atoms with E-state index in [9.17, 15) is 0 Å². The monoisotopic (exact) mass is 331 g/mol. The lowest BCUT2D eigenvalue weighted by Gasteiger charge is -2.26. The van der Waals surface area contributed by atoms with Crippen LogP contribution < -0.4 is 10.1 Å². The van der Waals surface area contributed by atoms with Gasteiger partial charge in [0.25, 0.3) is 0 Å². The maximum absolute atomic E-state index is 5.83. The molecule has 0 aliphatic carbocycles. The molecule has 0 saturated carbocycles. The molecule has 0 fully saturated rings. The van der Waals surface area contributed by atoms with Crippen molar-refractivity contribution in [2.45, 2.75) is 18.9 Å². The first-order chi connectivity index (χ1) is 9.83. The van der Waals surface area contributed by atoms with Crippen LogP contribution in [-0.4, -0.2) is 13.2 Å². The van der Waals surface area contributed by atoms with Gasteiger partial charge in [-0.05, 0) is 42.3 Å². The third-order valence-electron chi connectivity index (χ3n) is 3.69. The first kappa shape index (κ1) is 13.7. The fourth-order valence-corrected chi connectivity index (χ4v) is 3.08. The Balaban J connectivity index is 1.60. The Kier molecular flexibility index (Phi) is 4.38. The molecule has 1 aliphatic heterocycles. The van der Waals surface area contributed by atoms with Crippen LogP contribution in [-0.2, 0) is 6.42 Å². The molecular weight excluding hydrogens is 314 g/mol. The zero-order chi connectivity index (χ0) is 13.8. The fourth-order valence-electron chi connectivity index (χ4n) is 2.70. The number of fused-ring (bicyclic) bond motifs is 1. The zero-order valence-corrected chi connectivity index (χ0v) is 12.9. The van der Waals surface area contributed by atoms with E-state index in [1.165, 1.54) is 11.1 Å². The van der Waals surface area contributed by atoms with Crippen molar-refractivity contribution < 1.29 is 4.74 Å². The second-order valence-corrected chi connectivity index (χ2v) is 5.97. The van der Waals surface area contributed by atoms with Crippen molar-refractivity contribution in [3.05, 3.63) is 64.1 Å². The van der Waals surface area contributed by atoms with Crippen molar-refractivity contribution in [2.75, 3.05) is 13.2 Å². The van der Waals surface area contributed by atoms with Crippen molar-refractivity contribution in [3.63, 3.8) is 0 Å². The normalized spacial score (nSPS) is 17.6. The molecule has 0 aromatic heterocycles. The van der Waals surface area contributed by atoms with Gasteiger partial charge in [0.2, 0.25) is 0 Å². The molecule has 0 saturated heterocycles. The molecule has 20 heavy (non-hydrogen) atoms. The van der Waals surface area contributed by atoms with Gasteiger partial charge in [0.1, 0.15) is 5.75 Å². The maximum atomic E-state index is 5.83. The maximum Gasteiger partial charge on any atom is 0.120 e. The largest absolute Gasteiger partial charge is 0.493 e. The minimum atomic E-state index is 0.409.